The summed E-state index contributed by atoms with van der Waals surface area (Å²) in [5.74, 6) is -2.01. The van der Waals surface area contributed by atoms with Crippen LogP contribution in [0, 0.1) is 25.5 Å². The van der Waals surface area contributed by atoms with E-state index in [1.54, 1.807) is 35.9 Å². The van der Waals surface area contributed by atoms with Crippen molar-refractivity contribution in [1.29, 1.82) is 0 Å². The number of aromatic nitrogens is 3. The van der Waals surface area contributed by atoms with Gasteiger partial charge in [0.05, 0.1) is 35.6 Å². The van der Waals surface area contributed by atoms with Crippen LogP contribution in [-0.4, -0.2) is 39.2 Å². The van der Waals surface area contributed by atoms with Crippen LogP contribution in [-0.2, 0) is 21.5 Å². The number of nitrogens with zero attached hydrogens (tertiary/aromatic N) is 3. The van der Waals surface area contributed by atoms with Crippen molar-refractivity contribution in [3.8, 4) is 5.75 Å². The zero-order valence-corrected chi connectivity index (χ0v) is 21.8. The number of carbonyl (C=O) groups is 1. The molecule has 1 aliphatic rings. The number of hydrogen-bond acceptors (Lipinski definition) is 6. The normalized spacial score (nSPS) is 16.5. The molecule has 1 saturated heterocycles. The van der Waals surface area contributed by atoms with E-state index >= 15 is 0 Å². The van der Waals surface area contributed by atoms with E-state index in [0.29, 0.717) is 22.8 Å². The van der Waals surface area contributed by atoms with Crippen LogP contribution >= 0.6 is 0 Å². The predicted octanol–water partition coefficient (Wildman–Crippen LogP) is 5.50. The summed E-state index contributed by atoms with van der Waals surface area (Å²) in [6, 6.07) is 10.9. The van der Waals surface area contributed by atoms with Gasteiger partial charge in [-0.1, -0.05) is 12.1 Å². The summed E-state index contributed by atoms with van der Waals surface area (Å²) in [6.07, 6.45) is 3.56. The van der Waals surface area contributed by atoms with Crippen molar-refractivity contribution in [3.05, 3.63) is 94.7 Å². The molecule has 7 nitrogen and oxygen atoms in total. The molecule has 5 rings (SSSR count). The fourth-order valence-electron chi connectivity index (χ4n) is 4.65. The Bertz CT molecular complexity index is 1470. The van der Waals surface area contributed by atoms with E-state index < -0.39 is 22.8 Å². The van der Waals surface area contributed by atoms with Crippen LogP contribution in [0.3, 0.4) is 0 Å². The maximum atomic E-state index is 14.1. The average molecular weight is 522 g/mol. The van der Waals surface area contributed by atoms with Crippen molar-refractivity contribution < 1.29 is 27.8 Å². The summed E-state index contributed by atoms with van der Waals surface area (Å²) in [5, 5.41) is 0. The van der Waals surface area contributed by atoms with Crippen LogP contribution < -0.4 is 4.74 Å². The molecule has 198 valence electrons. The number of hydrogen-bond donors (Lipinski definition) is 0. The summed E-state index contributed by atoms with van der Waals surface area (Å²) in [5.41, 5.74) is 2.04. The third-order valence-corrected chi connectivity index (χ3v) is 6.83. The van der Waals surface area contributed by atoms with Crippen molar-refractivity contribution in [2.75, 3.05) is 13.2 Å². The van der Waals surface area contributed by atoms with Gasteiger partial charge >= 0.3 is 0 Å². The fraction of sp³-hybridized carbons (Fsp3) is 0.345. The van der Waals surface area contributed by atoms with Gasteiger partial charge in [-0.15, -0.1) is 0 Å². The van der Waals surface area contributed by atoms with Gasteiger partial charge in [-0.2, -0.15) is 0 Å². The average Bonchev–Trinajstić information content (AvgIpc) is 3.22. The van der Waals surface area contributed by atoms with Crippen molar-refractivity contribution in [1.82, 2.24) is 14.4 Å². The summed E-state index contributed by atoms with van der Waals surface area (Å²) >= 11 is 0. The molecule has 0 saturated carbocycles. The van der Waals surface area contributed by atoms with Gasteiger partial charge in [0.2, 0.25) is 0 Å². The first-order valence-electron chi connectivity index (χ1n) is 12.4. The van der Waals surface area contributed by atoms with Crippen LogP contribution in [0.4, 0.5) is 8.78 Å². The molecule has 1 fully saturated rings. The van der Waals surface area contributed by atoms with Crippen LogP contribution in [0.1, 0.15) is 53.3 Å². The van der Waals surface area contributed by atoms with Gasteiger partial charge < -0.3 is 14.2 Å². The van der Waals surface area contributed by atoms with Crippen molar-refractivity contribution in [3.63, 3.8) is 0 Å². The molecule has 9 heteroatoms. The third-order valence-electron chi connectivity index (χ3n) is 6.83. The first kappa shape index (κ1) is 25.9. The number of aryl methyl sites for hydroxylation is 2. The summed E-state index contributed by atoms with van der Waals surface area (Å²) in [7, 11) is 0. The number of ether oxygens (including phenoxy) is 3. The number of carbonyl (C=O) groups excluding carboxylic acids is 1. The standard InChI is InChI=1S/C29H29F2N3O4/c1-18-10-11-25(32-14-18)29(16-37-28(3,4)38-17-29)13-23(35)26-19(2)33-27-24(9-6-12-34(26)27)36-15-20-21(30)7-5-8-22(20)31/h5-12,14H,13,15-17H2,1-4H3. The molecule has 4 heterocycles. The second-order valence-corrected chi connectivity index (χ2v) is 10.2. The minimum Gasteiger partial charge on any atom is -0.485 e. The van der Waals surface area contributed by atoms with Gasteiger partial charge in [0.1, 0.15) is 23.9 Å². The second-order valence-electron chi connectivity index (χ2n) is 10.2. The zero-order valence-electron chi connectivity index (χ0n) is 21.8. The van der Waals surface area contributed by atoms with Crippen LogP contribution in [0.2, 0.25) is 0 Å². The van der Waals surface area contributed by atoms with Crippen molar-refractivity contribution >= 4 is 11.4 Å². The van der Waals surface area contributed by atoms with Gasteiger partial charge in [-0.05, 0) is 63.6 Å². The highest BCUT2D eigenvalue weighted by atomic mass is 19.1. The molecule has 0 amide bonds. The minimum absolute atomic E-state index is 0.0826. The van der Waals surface area contributed by atoms with Crippen LogP contribution in [0.5, 0.6) is 5.75 Å². The second kappa shape index (κ2) is 9.89. The Hall–Kier alpha value is -3.69. The lowest BCUT2D eigenvalue weighted by Gasteiger charge is -2.42. The maximum Gasteiger partial charge on any atom is 0.182 e. The number of ketones is 1. The van der Waals surface area contributed by atoms with Gasteiger partial charge in [-0.3, -0.25) is 14.2 Å². The number of pyridine rings is 2. The van der Waals surface area contributed by atoms with Crippen LogP contribution in [0.15, 0.2) is 54.9 Å². The predicted molar refractivity (Wildman–Crippen MR) is 136 cm³/mol. The molecular weight excluding hydrogens is 492 g/mol. The number of halogens is 2. The summed E-state index contributed by atoms with van der Waals surface area (Å²) in [4.78, 5) is 23.0. The van der Waals surface area contributed by atoms with E-state index in [-0.39, 0.29) is 37.6 Å². The minimum atomic E-state index is -0.784. The number of fused-ring (bicyclic) bond motifs is 1. The monoisotopic (exact) mass is 521 g/mol. The number of Topliss-reactive ketones (excluding diaryl/α,β-unsaturated/α-hetero) is 1. The fourth-order valence-corrected chi connectivity index (χ4v) is 4.65. The van der Waals surface area contributed by atoms with E-state index in [4.69, 9.17) is 14.2 Å². The van der Waals surface area contributed by atoms with Crippen molar-refractivity contribution in [2.24, 2.45) is 0 Å². The maximum absolute atomic E-state index is 14.1. The lowest BCUT2D eigenvalue weighted by Crippen LogP contribution is -2.50. The highest BCUT2D eigenvalue weighted by Crippen LogP contribution is 2.37. The first-order valence-corrected chi connectivity index (χ1v) is 12.4. The van der Waals surface area contributed by atoms with Gasteiger partial charge in [-0.25, -0.2) is 13.8 Å². The Balaban J connectivity index is 1.46. The Morgan fingerprint density at radius 3 is 2.42 bits per heavy atom. The Labute approximate surface area is 219 Å². The molecule has 4 aromatic rings. The van der Waals surface area contributed by atoms with E-state index in [0.717, 1.165) is 11.3 Å². The largest absolute Gasteiger partial charge is 0.485 e. The third kappa shape index (κ3) is 4.91. The molecule has 0 bridgehead atoms. The SMILES string of the molecule is Cc1ccc(C2(CC(=O)c3c(C)nc4c(OCc5c(F)cccc5F)cccn34)COC(C)(C)OC2)nc1. The van der Waals surface area contributed by atoms with E-state index in [1.807, 2.05) is 32.9 Å². The lowest BCUT2D eigenvalue weighted by molar-refractivity contribution is -0.269. The summed E-state index contributed by atoms with van der Waals surface area (Å²) < 4.78 is 47.6. The van der Waals surface area contributed by atoms with Gasteiger partial charge in [0.25, 0.3) is 0 Å². The molecular formula is C29H29F2N3O4. The first-order chi connectivity index (χ1) is 18.1. The molecule has 0 atom stereocenters. The Morgan fingerprint density at radius 2 is 1.76 bits per heavy atom. The molecule has 3 aromatic heterocycles. The molecule has 0 unspecified atom stereocenters. The zero-order chi connectivity index (χ0) is 27.1. The molecule has 1 aromatic carbocycles. The summed E-state index contributed by atoms with van der Waals surface area (Å²) in [6.45, 7) is 7.58. The smallest absolute Gasteiger partial charge is 0.182 e. The Kier molecular flexibility index (Phi) is 6.75. The van der Waals surface area contributed by atoms with Gasteiger partial charge in [0, 0.05) is 18.8 Å². The lowest BCUT2D eigenvalue weighted by atomic mass is 9.79. The number of benzene rings is 1. The molecule has 1 aliphatic heterocycles. The molecule has 0 N–H and O–H groups in total. The van der Waals surface area contributed by atoms with E-state index in [9.17, 15) is 13.6 Å². The number of imidazole rings is 1. The van der Waals surface area contributed by atoms with E-state index in [2.05, 4.69) is 9.97 Å². The highest BCUT2D eigenvalue weighted by Gasteiger charge is 2.44. The topological polar surface area (TPSA) is 75.0 Å². The van der Waals surface area contributed by atoms with E-state index in [1.165, 1.54) is 18.2 Å². The quantitative estimate of drug-likeness (QED) is 0.299. The highest BCUT2D eigenvalue weighted by molar-refractivity contribution is 5.97. The number of rotatable bonds is 7. The molecule has 0 radical (unpaired) electrons. The molecule has 0 spiro atoms. The molecule has 38 heavy (non-hydrogen) atoms. The molecule has 0 aliphatic carbocycles. The van der Waals surface area contributed by atoms with Crippen LogP contribution in [0.25, 0.3) is 5.65 Å². The van der Waals surface area contributed by atoms with Crippen molar-refractivity contribution in [2.45, 2.75) is 51.9 Å². The van der Waals surface area contributed by atoms with Gasteiger partial charge in [0.15, 0.2) is 23.0 Å². The Morgan fingerprint density at radius 1 is 1.05 bits per heavy atom.